The van der Waals surface area contributed by atoms with Gasteiger partial charge < -0.3 is 19.4 Å². The number of benzene rings is 1. The molecule has 6 nitrogen and oxygen atoms in total. The molecule has 2 aromatic rings. The van der Waals surface area contributed by atoms with Crippen LogP contribution in [0.25, 0.3) is 10.9 Å². The van der Waals surface area contributed by atoms with Crippen LogP contribution in [0, 0.1) is 11.7 Å². The van der Waals surface area contributed by atoms with E-state index >= 15 is 0 Å². The summed E-state index contributed by atoms with van der Waals surface area (Å²) in [6.07, 6.45) is 3.80. The third-order valence-corrected chi connectivity index (χ3v) is 7.58. The Kier molecular flexibility index (Phi) is 7.91. The molecule has 0 bridgehead atoms. The molecule has 0 radical (unpaired) electrons. The topological polar surface area (TPSA) is 67.5 Å². The number of rotatable bonds is 8. The smallest absolute Gasteiger partial charge is 0.261 e. The predicted octanol–water partition coefficient (Wildman–Crippen LogP) is 4.31. The number of thioether (sulfide) groups is 1. The van der Waals surface area contributed by atoms with E-state index in [1.54, 1.807) is 31.7 Å². The van der Waals surface area contributed by atoms with Gasteiger partial charge in [-0.15, -0.1) is 0 Å². The van der Waals surface area contributed by atoms with Crippen molar-refractivity contribution in [3.63, 3.8) is 0 Å². The second kappa shape index (κ2) is 10.7. The second-order valence-electron chi connectivity index (χ2n) is 9.68. The fourth-order valence-electron chi connectivity index (χ4n) is 4.50. The van der Waals surface area contributed by atoms with Crippen molar-refractivity contribution in [2.24, 2.45) is 5.92 Å². The van der Waals surface area contributed by atoms with Crippen LogP contribution in [0.3, 0.4) is 0 Å². The molecule has 0 saturated carbocycles. The van der Waals surface area contributed by atoms with Crippen molar-refractivity contribution < 1.29 is 18.3 Å². The van der Waals surface area contributed by atoms with E-state index in [1.807, 2.05) is 0 Å². The third-order valence-electron chi connectivity index (χ3n) is 6.20. The number of aromatic amines is 1. The standard InChI is InChI=1S/C24H33F2N3O3S/c1-24(2,26)15-29-7-3-16(4-8-29)13-32-17-11-19(25)22-20(12-17)27-21(28-23(22)30)14-33-18-5-9-31-10-6-18/h11-12,16,18H,3-10,13-15H2,1-2H3,(H,27,28,30). The number of H-pyrrole nitrogens is 1. The minimum Gasteiger partial charge on any atom is -0.493 e. The summed E-state index contributed by atoms with van der Waals surface area (Å²) in [6, 6.07) is 2.91. The first kappa shape index (κ1) is 24.4. The summed E-state index contributed by atoms with van der Waals surface area (Å²) >= 11 is 1.74. The number of nitrogens with zero attached hydrogens (tertiary/aromatic N) is 2. The highest BCUT2D eigenvalue weighted by molar-refractivity contribution is 7.99. The van der Waals surface area contributed by atoms with Crippen LogP contribution in [0.2, 0.25) is 0 Å². The number of hydrogen-bond acceptors (Lipinski definition) is 6. The zero-order chi connectivity index (χ0) is 23.4. The second-order valence-corrected chi connectivity index (χ2v) is 11.0. The van der Waals surface area contributed by atoms with Crippen LogP contribution in [-0.4, -0.2) is 65.2 Å². The molecule has 1 N–H and O–H groups in total. The number of piperidine rings is 1. The Balaban J connectivity index is 1.37. The highest BCUT2D eigenvalue weighted by Crippen LogP contribution is 2.27. The number of aromatic nitrogens is 2. The first-order valence-electron chi connectivity index (χ1n) is 11.7. The van der Waals surface area contributed by atoms with Crippen molar-refractivity contribution in [3.8, 4) is 5.75 Å². The molecule has 182 valence electrons. The molecule has 2 aliphatic rings. The van der Waals surface area contributed by atoms with Crippen molar-refractivity contribution in [2.75, 3.05) is 39.5 Å². The fourth-order valence-corrected chi connectivity index (χ4v) is 5.55. The molecule has 2 saturated heterocycles. The minimum absolute atomic E-state index is 0.0377. The molecule has 0 atom stereocenters. The van der Waals surface area contributed by atoms with Crippen LogP contribution in [0.4, 0.5) is 8.78 Å². The lowest BCUT2D eigenvalue weighted by molar-refractivity contribution is 0.0836. The Morgan fingerprint density at radius 1 is 1.24 bits per heavy atom. The molecule has 0 unspecified atom stereocenters. The number of hydrogen-bond donors (Lipinski definition) is 1. The third kappa shape index (κ3) is 6.90. The van der Waals surface area contributed by atoms with Crippen molar-refractivity contribution in [1.29, 1.82) is 0 Å². The molecule has 1 aromatic heterocycles. The average molecular weight is 482 g/mol. The monoisotopic (exact) mass is 481 g/mol. The number of halogens is 2. The van der Waals surface area contributed by atoms with E-state index in [0.29, 0.717) is 47.2 Å². The van der Waals surface area contributed by atoms with Crippen LogP contribution in [0.5, 0.6) is 5.75 Å². The van der Waals surface area contributed by atoms with Crippen LogP contribution < -0.4 is 10.3 Å². The van der Waals surface area contributed by atoms with E-state index in [-0.39, 0.29) is 5.39 Å². The molecule has 0 amide bonds. The molecule has 4 rings (SSSR count). The Morgan fingerprint density at radius 3 is 2.67 bits per heavy atom. The summed E-state index contributed by atoms with van der Waals surface area (Å²) in [5.41, 5.74) is -1.34. The summed E-state index contributed by atoms with van der Waals surface area (Å²) in [6.45, 7) is 7.29. The van der Waals surface area contributed by atoms with Crippen LogP contribution in [-0.2, 0) is 10.5 Å². The highest BCUT2D eigenvalue weighted by atomic mass is 32.2. The van der Waals surface area contributed by atoms with Gasteiger partial charge in [-0.05, 0) is 58.5 Å². The lowest BCUT2D eigenvalue weighted by atomic mass is 9.97. The Morgan fingerprint density at radius 2 is 1.97 bits per heavy atom. The molecular weight excluding hydrogens is 448 g/mol. The van der Waals surface area contributed by atoms with Gasteiger partial charge in [-0.3, -0.25) is 4.79 Å². The first-order valence-corrected chi connectivity index (χ1v) is 12.8. The van der Waals surface area contributed by atoms with E-state index in [4.69, 9.17) is 9.47 Å². The molecule has 1 aromatic carbocycles. The SMILES string of the molecule is CC(C)(F)CN1CCC(COc2cc(F)c3c(=O)[nH]c(CSC4CCOCC4)nc3c2)CC1. The summed E-state index contributed by atoms with van der Waals surface area (Å²) in [4.78, 5) is 21.9. The summed E-state index contributed by atoms with van der Waals surface area (Å²) < 4.78 is 39.8. The molecule has 3 heterocycles. The molecule has 33 heavy (non-hydrogen) atoms. The van der Waals surface area contributed by atoms with E-state index in [2.05, 4.69) is 14.9 Å². The minimum atomic E-state index is -1.20. The average Bonchev–Trinajstić information content (AvgIpc) is 2.76. The number of likely N-dealkylation sites (tertiary alicyclic amines) is 1. The molecule has 2 aliphatic heterocycles. The van der Waals surface area contributed by atoms with Crippen molar-refractivity contribution in [2.45, 2.75) is 56.2 Å². The van der Waals surface area contributed by atoms with Gasteiger partial charge in [0.25, 0.3) is 5.56 Å². The largest absolute Gasteiger partial charge is 0.493 e. The summed E-state index contributed by atoms with van der Waals surface area (Å²) in [5.74, 6) is 1.20. The van der Waals surface area contributed by atoms with Gasteiger partial charge in [-0.25, -0.2) is 13.8 Å². The van der Waals surface area contributed by atoms with Gasteiger partial charge in [-0.1, -0.05) is 0 Å². The van der Waals surface area contributed by atoms with Gasteiger partial charge in [0.1, 0.15) is 28.4 Å². The number of fused-ring (bicyclic) bond motifs is 1. The maximum Gasteiger partial charge on any atom is 0.261 e. The Hall–Kier alpha value is -1.71. The maximum atomic E-state index is 14.7. The molecule has 0 aliphatic carbocycles. The predicted molar refractivity (Wildman–Crippen MR) is 127 cm³/mol. The van der Waals surface area contributed by atoms with Crippen molar-refractivity contribution >= 4 is 22.7 Å². The first-order chi connectivity index (χ1) is 15.8. The van der Waals surface area contributed by atoms with E-state index in [0.717, 1.165) is 52.0 Å². The zero-order valence-electron chi connectivity index (χ0n) is 19.4. The number of alkyl halides is 1. The van der Waals surface area contributed by atoms with Crippen LogP contribution >= 0.6 is 11.8 Å². The molecular formula is C24H33F2N3O3S. The Bertz CT molecular complexity index is 997. The Labute approximate surface area is 197 Å². The van der Waals surface area contributed by atoms with Gasteiger partial charge in [0, 0.05) is 37.1 Å². The molecule has 0 spiro atoms. The normalized spacial score (nSPS) is 19.3. The van der Waals surface area contributed by atoms with Gasteiger partial charge in [0.2, 0.25) is 0 Å². The number of ether oxygens (including phenoxy) is 2. The lowest BCUT2D eigenvalue weighted by Crippen LogP contribution is -2.41. The highest BCUT2D eigenvalue weighted by Gasteiger charge is 2.25. The summed E-state index contributed by atoms with van der Waals surface area (Å²) in [5, 5.41) is 0.442. The van der Waals surface area contributed by atoms with Gasteiger partial charge >= 0.3 is 0 Å². The van der Waals surface area contributed by atoms with E-state index < -0.39 is 17.0 Å². The van der Waals surface area contributed by atoms with E-state index in [1.165, 1.54) is 6.07 Å². The van der Waals surface area contributed by atoms with Crippen LogP contribution in [0.1, 0.15) is 45.4 Å². The van der Waals surface area contributed by atoms with Crippen molar-refractivity contribution in [3.05, 3.63) is 34.1 Å². The maximum absolute atomic E-state index is 14.7. The lowest BCUT2D eigenvalue weighted by Gasteiger charge is -2.34. The number of nitrogens with one attached hydrogen (secondary N) is 1. The van der Waals surface area contributed by atoms with Gasteiger partial charge in [0.05, 0.1) is 17.9 Å². The fraction of sp³-hybridized carbons (Fsp3) is 0.667. The zero-order valence-corrected chi connectivity index (χ0v) is 20.2. The summed E-state index contributed by atoms with van der Waals surface area (Å²) in [7, 11) is 0. The van der Waals surface area contributed by atoms with Crippen LogP contribution in [0.15, 0.2) is 16.9 Å². The van der Waals surface area contributed by atoms with Gasteiger partial charge in [-0.2, -0.15) is 11.8 Å². The molecule has 2 fully saturated rings. The van der Waals surface area contributed by atoms with Gasteiger partial charge in [0.15, 0.2) is 0 Å². The van der Waals surface area contributed by atoms with Crippen molar-refractivity contribution in [1.82, 2.24) is 14.9 Å². The molecule has 9 heteroatoms. The van der Waals surface area contributed by atoms with E-state index in [9.17, 15) is 13.6 Å². The quantitative estimate of drug-likeness (QED) is 0.606.